The van der Waals surface area contributed by atoms with Crippen molar-refractivity contribution in [2.45, 2.75) is 46.5 Å². The topological polar surface area (TPSA) is 75.2 Å². The first-order valence-corrected chi connectivity index (χ1v) is 8.36. The fourth-order valence-corrected chi connectivity index (χ4v) is 2.22. The number of unbranched alkanes of at least 4 members (excludes halogenated alkanes) is 2. The molecule has 1 rings (SSSR count). The normalized spacial score (nSPS) is 10.6. The minimum atomic E-state index is -0.175. The van der Waals surface area contributed by atoms with E-state index in [1.165, 1.54) is 18.6 Å². The van der Waals surface area contributed by atoms with Crippen LogP contribution < -0.4 is 5.32 Å². The average molecular weight is 320 g/mol. The van der Waals surface area contributed by atoms with E-state index in [0.717, 1.165) is 19.3 Å². The van der Waals surface area contributed by atoms with Crippen LogP contribution in [0.1, 0.15) is 56.9 Å². The van der Waals surface area contributed by atoms with E-state index >= 15 is 0 Å². The third kappa shape index (κ3) is 7.72. The first kappa shape index (κ1) is 19.1. The first-order valence-electron chi connectivity index (χ1n) is 8.36. The second kappa shape index (κ2) is 10.7. The molecule has 6 nitrogen and oxygen atoms in total. The number of nitrogens with zero attached hydrogens (tertiary/aromatic N) is 3. The summed E-state index contributed by atoms with van der Waals surface area (Å²) in [6.07, 6.45) is 8.05. The lowest BCUT2D eigenvalue weighted by molar-refractivity contribution is -0.121. The Kier molecular flexibility index (Phi) is 8.87. The van der Waals surface area contributed by atoms with Crippen LogP contribution in [0.15, 0.2) is 18.6 Å². The van der Waals surface area contributed by atoms with Gasteiger partial charge in [-0.25, -0.2) is 4.98 Å². The zero-order valence-corrected chi connectivity index (χ0v) is 14.4. The Morgan fingerprint density at radius 2 is 2.04 bits per heavy atom. The summed E-state index contributed by atoms with van der Waals surface area (Å²) in [6.45, 7) is 7.91. The van der Waals surface area contributed by atoms with Gasteiger partial charge in [-0.15, -0.1) is 0 Å². The van der Waals surface area contributed by atoms with Gasteiger partial charge in [-0.05, 0) is 12.3 Å². The van der Waals surface area contributed by atoms with E-state index in [9.17, 15) is 9.59 Å². The Balaban J connectivity index is 2.51. The highest BCUT2D eigenvalue weighted by molar-refractivity contribution is 5.92. The van der Waals surface area contributed by atoms with Crippen LogP contribution in [-0.4, -0.2) is 46.3 Å². The molecule has 23 heavy (non-hydrogen) atoms. The van der Waals surface area contributed by atoms with Gasteiger partial charge in [0, 0.05) is 38.4 Å². The summed E-state index contributed by atoms with van der Waals surface area (Å²) in [5.74, 6) is 0.135. The van der Waals surface area contributed by atoms with Crippen molar-refractivity contribution >= 4 is 11.8 Å². The lowest BCUT2D eigenvalue weighted by atomic mass is 10.2. The van der Waals surface area contributed by atoms with Crippen LogP contribution in [0.3, 0.4) is 0 Å². The summed E-state index contributed by atoms with van der Waals surface area (Å²) in [5.41, 5.74) is 0.316. The van der Waals surface area contributed by atoms with Gasteiger partial charge in [-0.3, -0.25) is 14.6 Å². The van der Waals surface area contributed by atoms with Gasteiger partial charge in [0.05, 0.1) is 6.20 Å². The van der Waals surface area contributed by atoms with Crippen LogP contribution in [-0.2, 0) is 4.79 Å². The second-order valence-electron chi connectivity index (χ2n) is 6.04. The van der Waals surface area contributed by atoms with Crippen molar-refractivity contribution in [3.05, 3.63) is 24.3 Å². The Bertz CT molecular complexity index is 477. The molecule has 0 fully saturated rings. The summed E-state index contributed by atoms with van der Waals surface area (Å²) in [7, 11) is 0. The van der Waals surface area contributed by atoms with Gasteiger partial charge in [-0.2, -0.15) is 0 Å². The fourth-order valence-electron chi connectivity index (χ4n) is 2.22. The molecule has 0 saturated carbocycles. The molecule has 6 heteroatoms. The van der Waals surface area contributed by atoms with Gasteiger partial charge < -0.3 is 10.2 Å². The smallest absolute Gasteiger partial charge is 0.274 e. The summed E-state index contributed by atoms with van der Waals surface area (Å²) < 4.78 is 0. The molecule has 0 spiro atoms. The van der Waals surface area contributed by atoms with E-state index in [1.54, 1.807) is 4.90 Å². The van der Waals surface area contributed by atoms with E-state index in [-0.39, 0.29) is 11.8 Å². The lowest BCUT2D eigenvalue weighted by Gasteiger charge is -2.24. The standard InChI is InChI=1S/C17H28N4O2/c1-4-5-6-8-20-16(22)7-11-21(13-14(2)3)17(23)15-12-18-9-10-19-15/h9-10,12,14H,4-8,11,13H2,1-3H3,(H,20,22). The lowest BCUT2D eigenvalue weighted by Crippen LogP contribution is -2.38. The molecule has 0 atom stereocenters. The largest absolute Gasteiger partial charge is 0.356 e. The molecule has 0 radical (unpaired) electrons. The van der Waals surface area contributed by atoms with Gasteiger partial charge in [0.2, 0.25) is 5.91 Å². The van der Waals surface area contributed by atoms with Gasteiger partial charge >= 0.3 is 0 Å². The molecule has 0 aliphatic heterocycles. The number of nitrogens with one attached hydrogen (secondary N) is 1. The summed E-state index contributed by atoms with van der Waals surface area (Å²) >= 11 is 0. The van der Waals surface area contributed by atoms with Crippen LogP contribution in [0.4, 0.5) is 0 Å². The predicted octanol–water partition coefficient (Wildman–Crippen LogP) is 2.27. The van der Waals surface area contributed by atoms with Gasteiger partial charge in [0.15, 0.2) is 0 Å². The molecule has 0 aliphatic carbocycles. The van der Waals surface area contributed by atoms with Crippen molar-refractivity contribution in [2.24, 2.45) is 5.92 Å². The minimum Gasteiger partial charge on any atom is -0.356 e. The number of aromatic nitrogens is 2. The van der Waals surface area contributed by atoms with Crippen molar-refractivity contribution < 1.29 is 9.59 Å². The van der Waals surface area contributed by atoms with E-state index in [0.29, 0.717) is 37.7 Å². The van der Waals surface area contributed by atoms with Gasteiger partial charge in [0.1, 0.15) is 5.69 Å². The molecule has 2 amide bonds. The van der Waals surface area contributed by atoms with Crippen molar-refractivity contribution in [3.8, 4) is 0 Å². The molecule has 0 aliphatic rings. The molecule has 0 unspecified atom stereocenters. The number of carbonyl (C=O) groups excluding carboxylic acids is 2. The molecule has 1 aromatic rings. The second-order valence-corrected chi connectivity index (χ2v) is 6.04. The SMILES string of the molecule is CCCCCNC(=O)CCN(CC(C)C)C(=O)c1cnccn1. The molecule has 1 aromatic heterocycles. The monoisotopic (exact) mass is 320 g/mol. The van der Waals surface area contributed by atoms with Crippen LogP contribution in [0.5, 0.6) is 0 Å². The average Bonchev–Trinajstić information content (AvgIpc) is 2.55. The molecular weight excluding hydrogens is 292 g/mol. The van der Waals surface area contributed by atoms with Crippen LogP contribution in [0.25, 0.3) is 0 Å². The van der Waals surface area contributed by atoms with E-state index in [4.69, 9.17) is 0 Å². The maximum Gasteiger partial charge on any atom is 0.274 e. The maximum absolute atomic E-state index is 12.5. The Labute approximate surface area is 138 Å². The Morgan fingerprint density at radius 1 is 1.26 bits per heavy atom. The van der Waals surface area contributed by atoms with Crippen molar-refractivity contribution in [1.82, 2.24) is 20.2 Å². The number of rotatable bonds is 10. The first-order chi connectivity index (χ1) is 11.0. The van der Waals surface area contributed by atoms with E-state index in [1.807, 2.05) is 13.8 Å². The summed E-state index contributed by atoms with van der Waals surface area (Å²) in [6, 6.07) is 0. The van der Waals surface area contributed by atoms with E-state index < -0.39 is 0 Å². The predicted molar refractivity (Wildman–Crippen MR) is 89.9 cm³/mol. The van der Waals surface area contributed by atoms with Gasteiger partial charge in [0.25, 0.3) is 5.91 Å². The number of amides is 2. The quantitative estimate of drug-likeness (QED) is 0.671. The van der Waals surface area contributed by atoms with Crippen LogP contribution in [0.2, 0.25) is 0 Å². The van der Waals surface area contributed by atoms with Crippen molar-refractivity contribution in [2.75, 3.05) is 19.6 Å². The Morgan fingerprint density at radius 3 is 2.65 bits per heavy atom. The number of carbonyl (C=O) groups is 2. The highest BCUT2D eigenvalue weighted by Gasteiger charge is 2.19. The minimum absolute atomic E-state index is 0.0122. The van der Waals surface area contributed by atoms with E-state index in [2.05, 4.69) is 22.2 Å². The van der Waals surface area contributed by atoms with Crippen molar-refractivity contribution in [1.29, 1.82) is 0 Å². The third-order valence-electron chi connectivity index (χ3n) is 3.37. The van der Waals surface area contributed by atoms with Crippen LogP contribution in [0, 0.1) is 5.92 Å². The molecule has 0 saturated heterocycles. The zero-order chi connectivity index (χ0) is 17.1. The highest BCUT2D eigenvalue weighted by Crippen LogP contribution is 2.06. The molecule has 0 bridgehead atoms. The zero-order valence-electron chi connectivity index (χ0n) is 14.4. The maximum atomic E-state index is 12.5. The van der Waals surface area contributed by atoms with Crippen molar-refractivity contribution in [3.63, 3.8) is 0 Å². The Hall–Kier alpha value is -1.98. The van der Waals surface area contributed by atoms with Crippen LogP contribution >= 0.6 is 0 Å². The molecule has 1 heterocycles. The number of hydrogen-bond acceptors (Lipinski definition) is 4. The van der Waals surface area contributed by atoms with Gasteiger partial charge in [-0.1, -0.05) is 33.6 Å². The molecular formula is C17H28N4O2. The molecule has 0 aromatic carbocycles. The highest BCUT2D eigenvalue weighted by atomic mass is 16.2. The fraction of sp³-hybridized carbons (Fsp3) is 0.647. The summed E-state index contributed by atoms with van der Waals surface area (Å²) in [5, 5.41) is 2.90. The summed E-state index contributed by atoms with van der Waals surface area (Å²) in [4.78, 5) is 34.0. The molecule has 128 valence electrons. The third-order valence-corrected chi connectivity index (χ3v) is 3.37. The molecule has 1 N–H and O–H groups in total. The number of hydrogen-bond donors (Lipinski definition) is 1.